The molecule has 51 heavy (non-hydrogen) atoms. The second-order valence-electron chi connectivity index (χ2n) is 13.7. The molecule has 264 valence electrons. The summed E-state index contributed by atoms with van der Waals surface area (Å²) in [6.45, 7) is 10.3. The monoisotopic (exact) mass is 722 g/mol. The van der Waals surface area contributed by atoms with Gasteiger partial charge in [-0.15, -0.1) is 0 Å². The average Bonchev–Trinajstić information content (AvgIpc) is 3.49. The molecule has 5 aromatic rings. The summed E-state index contributed by atoms with van der Waals surface area (Å²) >= 11 is 0. The molecule has 4 aromatic carbocycles. The van der Waals surface area contributed by atoms with Crippen molar-refractivity contribution in [1.29, 1.82) is 0 Å². The Morgan fingerprint density at radius 3 is 1.96 bits per heavy atom. The second kappa shape index (κ2) is 16.6. The largest absolute Gasteiger partial charge is 0.481 e. The van der Waals surface area contributed by atoms with E-state index in [1.807, 2.05) is 95.7 Å². The van der Waals surface area contributed by atoms with Crippen LogP contribution < -0.4 is 10.4 Å². The quantitative estimate of drug-likeness (QED) is 0.0752. The number of hydrogen-bond acceptors (Lipinski definition) is 5. The number of carboxylic acid groups (broad SMARTS) is 1. The van der Waals surface area contributed by atoms with Gasteiger partial charge in [0.25, 0.3) is 8.32 Å². The van der Waals surface area contributed by atoms with E-state index in [9.17, 15) is 18.9 Å². The van der Waals surface area contributed by atoms with E-state index in [2.05, 4.69) is 46.5 Å². The molecular formula is C41H44FN2O5PSi. The van der Waals surface area contributed by atoms with Crippen molar-refractivity contribution in [1.82, 2.24) is 9.78 Å². The van der Waals surface area contributed by atoms with Gasteiger partial charge in [0.15, 0.2) is 8.03 Å². The minimum atomic E-state index is -3.12. The maximum absolute atomic E-state index is 13.9. The van der Waals surface area contributed by atoms with Gasteiger partial charge in [-0.1, -0.05) is 125 Å². The molecule has 0 amide bonds. The summed E-state index contributed by atoms with van der Waals surface area (Å²) in [5.41, 5.74) is 3.72. The fourth-order valence-electron chi connectivity index (χ4n) is 6.44. The zero-order valence-electron chi connectivity index (χ0n) is 29.6. The Morgan fingerprint density at radius 2 is 1.45 bits per heavy atom. The molecule has 0 radical (unpaired) electrons. The number of halogens is 1. The lowest BCUT2D eigenvalue weighted by molar-refractivity contribution is -0.138. The molecule has 10 heteroatoms. The lowest BCUT2D eigenvalue weighted by atomic mass is 10.00. The number of carboxylic acids is 1. The molecule has 1 heterocycles. The van der Waals surface area contributed by atoms with Crippen LogP contribution in [0.3, 0.4) is 0 Å². The molecule has 0 spiro atoms. The molecule has 2 atom stereocenters. The van der Waals surface area contributed by atoms with Crippen LogP contribution in [0.5, 0.6) is 0 Å². The summed E-state index contributed by atoms with van der Waals surface area (Å²) in [7, 11) is -5.89. The van der Waals surface area contributed by atoms with Crippen molar-refractivity contribution in [3.05, 3.63) is 132 Å². The average molecular weight is 723 g/mol. The van der Waals surface area contributed by atoms with Crippen LogP contribution in [0.4, 0.5) is 4.39 Å². The number of nitrogens with zero attached hydrogens (tertiary/aromatic N) is 2. The maximum Gasteiger partial charge on any atom is 0.305 e. The van der Waals surface area contributed by atoms with Gasteiger partial charge in [0.05, 0.1) is 29.5 Å². The topological polar surface area (TPSA) is 90.7 Å². The molecule has 0 fully saturated rings. The second-order valence-corrected chi connectivity index (χ2v) is 19.4. The van der Waals surface area contributed by atoms with Gasteiger partial charge in [-0.25, -0.2) is 9.07 Å². The van der Waals surface area contributed by atoms with E-state index in [1.165, 1.54) is 12.1 Å². The Kier molecular flexibility index (Phi) is 12.3. The molecule has 0 saturated carbocycles. The zero-order valence-corrected chi connectivity index (χ0v) is 31.6. The molecule has 5 rings (SSSR count). The van der Waals surface area contributed by atoms with E-state index < -0.39 is 33.5 Å². The van der Waals surface area contributed by atoms with Crippen LogP contribution in [0.25, 0.3) is 16.9 Å². The molecule has 0 aliphatic heterocycles. The van der Waals surface area contributed by atoms with Gasteiger partial charge in [0.2, 0.25) is 0 Å². The van der Waals surface area contributed by atoms with Crippen molar-refractivity contribution in [3.63, 3.8) is 0 Å². The third-order valence-electron chi connectivity index (χ3n) is 8.66. The Hall–Kier alpha value is -4.58. The number of hydrogen-bond donors (Lipinski definition) is 1. The van der Waals surface area contributed by atoms with Gasteiger partial charge in [0, 0.05) is 11.7 Å². The number of benzene rings is 4. The predicted molar refractivity (Wildman–Crippen MR) is 204 cm³/mol. The van der Waals surface area contributed by atoms with E-state index in [1.54, 1.807) is 12.1 Å². The first-order chi connectivity index (χ1) is 24.4. The number of rotatable bonds is 13. The van der Waals surface area contributed by atoms with Gasteiger partial charge in [-0.3, -0.25) is 9.36 Å². The van der Waals surface area contributed by atoms with Crippen molar-refractivity contribution >= 4 is 32.7 Å². The van der Waals surface area contributed by atoms with Crippen LogP contribution in [-0.2, 0) is 18.3 Å². The SMILES string of the molecule is CC(C)c1c(C#CCO[PH](=O)CC(CC(=O)O)O[Si](c2ccccc2)(c2ccccc2)C(C)(C)C)c(-c2ccc(F)cc2)nn1-c1ccccc1. The fraction of sp³-hybridized carbons (Fsp3) is 0.268. The summed E-state index contributed by atoms with van der Waals surface area (Å²) in [5, 5.41) is 16.4. The van der Waals surface area contributed by atoms with Gasteiger partial charge in [-0.2, -0.15) is 5.10 Å². The van der Waals surface area contributed by atoms with Crippen molar-refractivity contribution in [3.8, 4) is 28.8 Å². The summed E-state index contributed by atoms with van der Waals surface area (Å²) in [6.07, 6.45) is -1.27. The third-order valence-corrected chi connectivity index (χ3v) is 15.0. The van der Waals surface area contributed by atoms with Crippen LogP contribution in [0.2, 0.25) is 5.04 Å². The van der Waals surface area contributed by atoms with Gasteiger partial charge < -0.3 is 14.1 Å². The Bertz CT molecular complexity index is 1960. The van der Waals surface area contributed by atoms with Crippen molar-refractivity contribution in [2.24, 2.45) is 0 Å². The molecule has 7 nitrogen and oxygen atoms in total. The van der Waals surface area contributed by atoms with Gasteiger partial charge >= 0.3 is 5.97 Å². The van der Waals surface area contributed by atoms with Crippen molar-refractivity contribution < 1.29 is 27.8 Å². The first-order valence-electron chi connectivity index (χ1n) is 17.0. The minimum absolute atomic E-state index is 0.0339. The van der Waals surface area contributed by atoms with Crippen LogP contribution in [0, 0.1) is 17.7 Å². The Morgan fingerprint density at radius 1 is 0.902 bits per heavy atom. The number of para-hydroxylation sites is 1. The first-order valence-corrected chi connectivity index (χ1v) is 20.4. The smallest absolute Gasteiger partial charge is 0.305 e. The van der Waals surface area contributed by atoms with Crippen LogP contribution in [0.1, 0.15) is 58.2 Å². The van der Waals surface area contributed by atoms with Crippen LogP contribution in [0.15, 0.2) is 115 Å². The number of carbonyl (C=O) groups is 1. The summed E-state index contributed by atoms with van der Waals surface area (Å²) < 4.78 is 42.0. The Balaban J connectivity index is 1.43. The molecule has 0 aliphatic carbocycles. The minimum Gasteiger partial charge on any atom is -0.481 e. The van der Waals surface area contributed by atoms with E-state index >= 15 is 0 Å². The summed E-state index contributed by atoms with van der Waals surface area (Å²) in [5.74, 6) is 4.88. The van der Waals surface area contributed by atoms with Crippen molar-refractivity contribution in [2.45, 2.75) is 58.1 Å². The fourth-order valence-corrected chi connectivity index (χ4v) is 12.2. The van der Waals surface area contributed by atoms with E-state index in [0.717, 1.165) is 21.8 Å². The molecule has 0 aliphatic rings. The van der Waals surface area contributed by atoms with Gasteiger partial charge in [-0.05, 0) is 57.7 Å². The highest BCUT2D eigenvalue weighted by molar-refractivity contribution is 7.39. The predicted octanol–water partition coefficient (Wildman–Crippen LogP) is 8.06. The normalized spacial score (nSPS) is 13.0. The highest BCUT2D eigenvalue weighted by Gasteiger charge is 2.51. The van der Waals surface area contributed by atoms with Crippen LogP contribution in [-0.4, -0.2) is 48.0 Å². The van der Waals surface area contributed by atoms with E-state index in [-0.39, 0.29) is 30.9 Å². The van der Waals surface area contributed by atoms with Gasteiger partial charge in [0.1, 0.15) is 18.1 Å². The highest BCUT2D eigenvalue weighted by atomic mass is 31.1. The summed E-state index contributed by atoms with van der Waals surface area (Å²) in [6, 6.07) is 35.7. The maximum atomic E-state index is 13.9. The molecule has 0 saturated heterocycles. The summed E-state index contributed by atoms with van der Waals surface area (Å²) in [4.78, 5) is 12.1. The highest BCUT2D eigenvalue weighted by Crippen LogP contribution is 2.39. The third kappa shape index (κ3) is 8.84. The lowest BCUT2D eigenvalue weighted by Gasteiger charge is -2.45. The molecule has 1 N–H and O–H groups in total. The molecule has 2 unspecified atom stereocenters. The van der Waals surface area contributed by atoms with Crippen molar-refractivity contribution in [2.75, 3.05) is 12.8 Å². The Labute approximate surface area is 301 Å². The molecule has 0 bridgehead atoms. The zero-order chi connectivity index (χ0) is 36.6. The van der Waals surface area contributed by atoms with E-state index in [4.69, 9.17) is 14.0 Å². The number of aliphatic carboxylic acids is 1. The van der Waals surface area contributed by atoms with E-state index in [0.29, 0.717) is 16.8 Å². The molecule has 1 aromatic heterocycles. The molecular weight excluding hydrogens is 679 g/mol. The van der Waals surface area contributed by atoms with Crippen LogP contribution >= 0.6 is 8.03 Å². The lowest BCUT2D eigenvalue weighted by Crippen LogP contribution is -2.68. The standard InChI is InChI=1S/C41H44FN2O5PSi/c1-30(2)40-37(39(31-23-25-32(42)26-24-31)43-44(40)33-16-9-6-10-17-33)22-15-27-48-50(47)29-34(28-38(45)46)49-51(41(3,4)5,35-18-11-7-12-19-35)36-20-13-8-14-21-36/h6-14,16-21,23-26,30,34,50H,27-29H2,1-5H3,(H,45,46). The number of aromatic nitrogens is 2. The first kappa shape index (κ1) is 37.7.